The third-order valence-corrected chi connectivity index (χ3v) is 4.05. The molecule has 1 N–H and O–H groups in total. The lowest BCUT2D eigenvalue weighted by molar-refractivity contribution is -0.137. The van der Waals surface area contributed by atoms with Crippen molar-refractivity contribution in [2.45, 2.75) is 38.4 Å². The standard InChI is InChI=1S/C16H23F3N2/c1-2-3-4-15(21-11-9-20-10-12-21)13-5-7-14(8-6-13)16(17,18)19/h5-8,15,20H,2-4,9-12H2,1H3/t15-/m0/s1. The first kappa shape index (κ1) is 16.3. The Balaban J connectivity index is 2.15. The Morgan fingerprint density at radius 3 is 2.29 bits per heavy atom. The van der Waals surface area contributed by atoms with Crippen LogP contribution in [0.5, 0.6) is 0 Å². The Labute approximate surface area is 124 Å². The molecule has 1 saturated heterocycles. The largest absolute Gasteiger partial charge is 0.416 e. The second kappa shape index (κ2) is 7.27. The molecule has 1 aliphatic heterocycles. The van der Waals surface area contributed by atoms with Gasteiger partial charge in [0, 0.05) is 32.2 Å². The minimum absolute atomic E-state index is 0.231. The number of hydrogen-bond donors (Lipinski definition) is 1. The fourth-order valence-corrected chi connectivity index (χ4v) is 2.85. The van der Waals surface area contributed by atoms with Crippen molar-refractivity contribution in [1.29, 1.82) is 0 Å². The summed E-state index contributed by atoms with van der Waals surface area (Å²) in [6, 6.07) is 5.93. The number of nitrogens with zero attached hydrogens (tertiary/aromatic N) is 1. The summed E-state index contributed by atoms with van der Waals surface area (Å²) >= 11 is 0. The molecule has 0 aliphatic carbocycles. The summed E-state index contributed by atoms with van der Waals surface area (Å²) < 4.78 is 38.0. The van der Waals surface area contributed by atoms with E-state index in [0.29, 0.717) is 0 Å². The fraction of sp³-hybridized carbons (Fsp3) is 0.625. The molecule has 0 amide bonds. The second-order valence-electron chi connectivity index (χ2n) is 5.56. The average Bonchev–Trinajstić information content (AvgIpc) is 2.48. The molecule has 1 heterocycles. The third-order valence-electron chi connectivity index (χ3n) is 4.05. The van der Waals surface area contributed by atoms with Crippen LogP contribution in [0.2, 0.25) is 0 Å². The number of nitrogens with one attached hydrogen (secondary N) is 1. The Morgan fingerprint density at radius 2 is 1.76 bits per heavy atom. The highest BCUT2D eigenvalue weighted by molar-refractivity contribution is 5.27. The topological polar surface area (TPSA) is 15.3 Å². The Bertz CT molecular complexity index is 422. The molecular formula is C16H23F3N2. The lowest BCUT2D eigenvalue weighted by Gasteiger charge is -2.35. The highest BCUT2D eigenvalue weighted by atomic mass is 19.4. The van der Waals surface area contributed by atoms with Crippen LogP contribution >= 0.6 is 0 Å². The predicted octanol–water partition coefficient (Wildman–Crippen LogP) is 3.84. The summed E-state index contributed by atoms with van der Waals surface area (Å²) in [5, 5.41) is 3.32. The summed E-state index contributed by atoms with van der Waals surface area (Å²) in [5.41, 5.74) is 0.430. The number of halogens is 3. The molecule has 118 valence electrons. The maximum atomic E-state index is 12.7. The first-order chi connectivity index (χ1) is 10.0. The summed E-state index contributed by atoms with van der Waals surface area (Å²) in [5.74, 6) is 0. The van der Waals surface area contributed by atoms with Crippen LogP contribution in [0.1, 0.15) is 43.4 Å². The van der Waals surface area contributed by atoms with Gasteiger partial charge in [0.25, 0.3) is 0 Å². The maximum absolute atomic E-state index is 12.7. The van der Waals surface area contributed by atoms with Gasteiger partial charge in [-0.25, -0.2) is 0 Å². The SMILES string of the molecule is CCCC[C@@H](c1ccc(C(F)(F)F)cc1)N1CCNCC1. The van der Waals surface area contributed by atoms with E-state index >= 15 is 0 Å². The summed E-state index contributed by atoms with van der Waals surface area (Å²) in [4.78, 5) is 2.38. The molecule has 1 aliphatic rings. The normalized spacial score (nSPS) is 18.7. The number of rotatable bonds is 5. The van der Waals surface area contributed by atoms with Crippen LogP contribution in [0.4, 0.5) is 13.2 Å². The lowest BCUT2D eigenvalue weighted by atomic mass is 9.97. The number of alkyl halides is 3. The van der Waals surface area contributed by atoms with Gasteiger partial charge in [0.1, 0.15) is 0 Å². The van der Waals surface area contributed by atoms with E-state index in [0.717, 1.165) is 51.0 Å². The van der Waals surface area contributed by atoms with Gasteiger partial charge in [-0.15, -0.1) is 0 Å². The smallest absolute Gasteiger partial charge is 0.314 e. The van der Waals surface area contributed by atoms with Gasteiger partial charge in [0.05, 0.1) is 5.56 Å². The zero-order valence-corrected chi connectivity index (χ0v) is 12.4. The van der Waals surface area contributed by atoms with Crippen molar-refractivity contribution in [3.8, 4) is 0 Å². The molecule has 2 nitrogen and oxygen atoms in total. The zero-order chi connectivity index (χ0) is 15.3. The fourth-order valence-electron chi connectivity index (χ4n) is 2.85. The van der Waals surface area contributed by atoms with Crippen LogP contribution < -0.4 is 5.32 Å². The van der Waals surface area contributed by atoms with Crippen LogP contribution in [0.15, 0.2) is 24.3 Å². The molecule has 1 aromatic carbocycles. The van der Waals surface area contributed by atoms with E-state index in [2.05, 4.69) is 17.1 Å². The number of benzene rings is 1. The van der Waals surface area contributed by atoms with E-state index in [1.807, 2.05) is 0 Å². The third kappa shape index (κ3) is 4.45. The minimum Gasteiger partial charge on any atom is -0.314 e. The minimum atomic E-state index is -4.26. The van der Waals surface area contributed by atoms with Crippen LogP contribution in [0.25, 0.3) is 0 Å². The van der Waals surface area contributed by atoms with Crippen molar-refractivity contribution in [2.24, 2.45) is 0 Å². The van der Waals surface area contributed by atoms with Crippen molar-refractivity contribution in [1.82, 2.24) is 10.2 Å². The van der Waals surface area contributed by atoms with Gasteiger partial charge < -0.3 is 5.32 Å². The number of hydrogen-bond acceptors (Lipinski definition) is 2. The van der Waals surface area contributed by atoms with Gasteiger partial charge >= 0.3 is 6.18 Å². The average molecular weight is 300 g/mol. The van der Waals surface area contributed by atoms with Gasteiger partial charge in [0.15, 0.2) is 0 Å². The number of unbranched alkanes of at least 4 members (excludes halogenated alkanes) is 1. The van der Waals surface area contributed by atoms with Crippen LogP contribution in [0, 0.1) is 0 Å². The van der Waals surface area contributed by atoms with E-state index in [-0.39, 0.29) is 6.04 Å². The van der Waals surface area contributed by atoms with Gasteiger partial charge in [-0.05, 0) is 24.1 Å². The molecule has 5 heteroatoms. The van der Waals surface area contributed by atoms with E-state index in [1.54, 1.807) is 12.1 Å². The molecule has 0 unspecified atom stereocenters. The second-order valence-corrected chi connectivity index (χ2v) is 5.56. The molecule has 0 aromatic heterocycles. The first-order valence-corrected chi connectivity index (χ1v) is 7.64. The molecule has 21 heavy (non-hydrogen) atoms. The van der Waals surface area contributed by atoms with Crippen molar-refractivity contribution in [3.63, 3.8) is 0 Å². The quantitative estimate of drug-likeness (QED) is 0.889. The molecule has 0 radical (unpaired) electrons. The predicted molar refractivity (Wildman–Crippen MR) is 78.2 cm³/mol. The molecule has 0 bridgehead atoms. The monoisotopic (exact) mass is 300 g/mol. The summed E-state index contributed by atoms with van der Waals surface area (Å²) in [6.07, 6.45) is -1.06. The molecule has 1 atom stereocenters. The van der Waals surface area contributed by atoms with Crippen molar-refractivity contribution >= 4 is 0 Å². The Kier molecular flexibility index (Phi) is 5.65. The molecular weight excluding hydrogens is 277 g/mol. The van der Waals surface area contributed by atoms with Crippen LogP contribution in [0.3, 0.4) is 0 Å². The molecule has 2 rings (SSSR count). The van der Waals surface area contributed by atoms with Gasteiger partial charge in [-0.1, -0.05) is 31.9 Å². The molecule has 1 fully saturated rings. The molecule has 1 aromatic rings. The van der Waals surface area contributed by atoms with Gasteiger partial charge in [0.2, 0.25) is 0 Å². The van der Waals surface area contributed by atoms with E-state index < -0.39 is 11.7 Å². The highest BCUT2D eigenvalue weighted by Gasteiger charge is 2.30. The number of piperazine rings is 1. The molecule has 0 spiro atoms. The van der Waals surface area contributed by atoms with Crippen molar-refractivity contribution < 1.29 is 13.2 Å². The first-order valence-electron chi connectivity index (χ1n) is 7.64. The van der Waals surface area contributed by atoms with E-state index in [4.69, 9.17) is 0 Å². The van der Waals surface area contributed by atoms with Gasteiger partial charge in [-0.2, -0.15) is 13.2 Å². The zero-order valence-electron chi connectivity index (χ0n) is 12.4. The Morgan fingerprint density at radius 1 is 1.14 bits per heavy atom. The lowest BCUT2D eigenvalue weighted by Crippen LogP contribution is -2.45. The summed E-state index contributed by atoms with van der Waals surface area (Å²) in [6.45, 7) is 5.94. The van der Waals surface area contributed by atoms with Crippen molar-refractivity contribution in [2.75, 3.05) is 26.2 Å². The maximum Gasteiger partial charge on any atom is 0.416 e. The van der Waals surface area contributed by atoms with Crippen molar-refractivity contribution in [3.05, 3.63) is 35.4 Å². The summed E-state index contributed by atoms with van der Waals surface area (Å²) in [7, 11) is 0. The highest BCUT2D eigenvalue weighted by Crippen LogP contribution is 2.32. The van der Waals surface area contributed by atoms with Gasteiger partial charge in [-0.3, -0.25) is 4.90 Å². The van der Waals surface area contributed by atoms with E-state index in [9.17, 15) is 13.2 Å². The van der Waals surface area contributed by atoms with Crippen LogP contribution in [-0.4, -0.2) is 31.1 Å². The van der Waals surface area contributed by atoms with Crippen LogP contribution in [-0.2, 0) is 6.18 Å². The Hall–Kier alpha value is -1.07. The molecule has 0 saturated carbocycles. The van der Waals surface area contributed by atoms with E-state index in [1.165, 1.54) is 12.1 Å².